The van der Waals surface area contributed by atoms with E-state index < -0.39 is 17.8 Å². The average molecular weight is 250 g/mol. The maximum Gasteiger partial charge on any atom is 0.417 e. The van der Waals surface area contributed by atoms with Crippen molar-refractivity contribution in [1.82, 2.24) is 5.06 Å². The molecule has 0 saturated carbocycles. The van der Waals surface area contributed by atoms with Gasteiger partial charge in [0.25, 0.3) is 0 Å². The predicted octanol–water partition coefficient (Wildman–Crippen LogP) is 3.12. The van der Waals surface area contributed by atoms with Crippen molar-refractivity contribution in [1.29, 1.82) is 0 Å². The Balaban J connectivity index is 2.47. The summed E-state index contributed by atoms with van der Waals surface area (Å²) in [6, 6.07) is -0.649. The molecule has 2 nitrogen and oxygen atoms in total. The highest BCUT2D eigenvalue weighted by Gasteiger charge is 2.39. The van der Waals surface area contributed by atoms with E-state index in [4.69, 9.17) is 11.6 Å². The Kier molecular flexibility index (Phi) is 2.59. The second-order valence-electron chi connectivity index (χ2n) is 3.37. The van der Waals surface area contributed by atoms with Gasteiger partial charge in [-0.25, -0.2) is 0 Å². The summed E-state index contributed by atoms with van der Waals surface area (Å²) in [7, 11) is 0. The van der Waals surface area contributed by atoms with Gasteiger partial charge in [-0.3, -0.25) is 10.3 Å². The van der Waals surface area contributed by atoms with Crippen LogP contribution in [0.4, 0.5) is 13.2 Å². The number of hydrogen-bond acceptors (Lipinski definition) is 2. The molecule has 0 fully saturated rings. The van der Waals surface area contributed by atoms with Crippen LogP contribution in [-0.2, 0) is 0 Å². The molecule has 1 atom stereocenters. The standard InChI is InChI=1S/C10H7ClF3NO/c11-9-6-2-1-5-15(16)8(6)4-3-7(9)10(12,13)14/h1-5,8,16H. The van der Waals surface area contributed by atoms with Crippen LogP contribution >= 0.6 is 11.6 Å². The van der Waals surface area contributed by atoms with Gasteiger partial charge in [0, 0.05) is 11.8 Å². The third-order valence-electron chi connectivity index (χ3n) is 2.36. The number of nitrogens with zero attached hydrogens (tertiary/aromatic N) is 1. The monoisotopic (exact) mass is 249 g/mol. The van der Waals surface area contributed by atoms with Crippen LogP contribution in [0.2, 0.25) is 0 Å². The number of fused-ring (bicyclic) bond motifs is 1. The zero-order chi connectivity index (χ0) is 11.9. The molecule has 0 radical (unpaired) electrons. The van der Waals surface area contributed by atoms with Crippen molar-refractivity contribution in [2.45, 2.75) is 12.2 Å². The molecule has 1 aliphatic carbocycles. The summed E-state index contributed by atoms with van der Waals surface area (Å²) in [6.07, 6.45) is 1.88. The van der Waals surface area contributed by atoms with Crippen LogP contribution in [0, 0.1) is 0 Å². The fraction of sp³-hybridized carbons (Fsp3) is 0.200. The summed E-state index contributed by atoms with van der Waals surface area (Å²) >= 11 is 5.67. The van der Waals surface area contributed by atoms with Gasteiger partial charge in [-0.05, 0) is 6.08 Å². The van der Waals surface area contributed by atoms with Gasteiger partial charge in [-0.15, -0.1) is 0 Å². The van der Waals surface area contributed by atoms with Crippen molar-refractivity contribution in [3.05, 3.63) is 46.7 Å². The maximum absolute atomic E-state index is 12.5. The van der Waals surface area contributed by atoms with Crippen LogP contribution in [0.15, 0.2) is 46.7 Å². The normalized spacial score (nSPS) is 24.7. The first kappa shape index (κ1) is 11.3. The number of allylic oxidation sites excluding steroid dienone is 4. The Morgan fingerprint density at radius 2 is 2.06 bits per heavy atom. The second kappa shape index (κ2) is 3.68. The van der Waals surface area contributed by atoms with E-state index in [-0.39, 0.29) is 10.6 Å². The number of halogens is 4. The maximum atomic E-state index is 12.5. The fourth-order valence-corrected chi connectivity index (χ4v) is 1.94. The van der Waals surface area contributed by atoms with Gasteiger partial charge in [0.05, 0.1) is 10.6 Å². The van der Waals surface area contributed by atoms with E-state index in [1.165, 1.54) is 24.4 Å². The Morgan fingerprint density at radius 1 is 1.38 bits per heavy atom. The average Bonchev–Trinajstić information content (AvgIpc) is 2.18. The van der Waals surface area contributed by atoms with Crippen molar-refractivity contribution in [2.75, 3.05) is 0 Å². The molecule has 0 amide bonds. The Bertz CT molecular complexity index is 434. The lowest BCUT2D eigenvalue weighted by Gasteiger charge is -2.30. The van der Waals surface area contributed by atoms with Gasteiger partial charge in [-0.1, -0.05) is 29.8 Å². The summed E-state index contributed by atoms with van der Waals surface area (Å²) in [6.45, 7) is 0. The summed E-state index contributed by atoms with van der Waals surface area (Å²) in [5.74, 6) is 0. The molecule has 0 aromatic rings. The highest BCUT2D eigenvalue weighted by Crippen LogP contribution is 2.39. The van der Waals surface area contributed by atoms with Crippen LogP contribution < -0.4 is 0 Å². The summed E-state index contributed by atoms with van der Waals surface area (Å²) < 4.78 is 37.6. The fourth-order valence-electron chi connectivity index (χ4n) is 1.60. The quantitative estimate of drug-likeness (QED) is 0.713. The molecule has 1 N–H and O–H groups in total. The lowest BCUT2D eigenvalue weighted by atomic mass is 9.94. The van der Waals surface area contributed by atoms with Crippen LogP contribution in [0.5, 0.6) is 0 Å². The van der Waals surface area contributed by atoms with Crippen molar-refractivity contribution in [3.8, 4) is 0 Å². The Hall–Kier alpha value is -1.20. The minimum atomic E-state index is -4.49. The lowest BCUT2D eigenvalue weighted by Crippen LogP contribution is -2.32. The largest absolute Gasteiger partial charge is 0.417 e. The first-order valence-electron chi connectivity index (χ1n) is 4.42. The minimum Gasteiger partial charge on any atom is -0.288 e. The van der Waals surface area contributed by atoms with Gasteiger partial charge < -0.3 is 0 Å². The number of alkyl halides is 3. The van der Waals surface area contributed by atoms with Gasteiger partial charge in [-0.2, -0.15) is 13.2 Å². The molecular formula is C10H7ClF3NO. The molecule has 1 aliphatic heterocycles. The molecule has 1 heterocycles. The van der Waals surface area contributed by atoms with Crippen molar-refractivity contribution in [2.24, 2.45) is 0 Å². The Morgan fingerprint density at radius 3 is 2.69 bits per heavy atom. The van der Waals surface area contributed by atoms with E-state index in [1.54, 1.807) is 0 Å². The first-order valence-corrected chi connectivity index (χ1v) is 4.80. The van der Waals surface area contributed by atoms with Gasteiger partial charge in [0.1, 0.15) is 6.04 Å². The molecule has 6 heteroatoms. The van der Waals surface area contributed by atoms with E-state index in [9.17, 15) is 18.4 Å². The van der Waals surface area contributed by atoms with Crippen LogP contribution in [0.25, 0.3) is 0 Å². The summed E-state index contributed by atoms with van der Waals surface area (Å²) in [5.41, 5.74) is -0.651. The molecule has 16 heavy (non-hydrogen) atoms. The third kappa shape index (κ3) is 1.76. The second-order valence-corrected chi connectivity index (χ2v) is 3.75. The first-order chi connectivity index (χ1) is 7.41. The minimum absolute atomic E-state index is 0.237. The molecule has 0 spiro atoms. The van der Waals surface area contributed by atoms with Crippen LogP contribution in [-0.4, -0.2) is 22.5 Å². The predicted molar refractivity (Wildman–Crippen MR) is 52.7 cm³/mol. The van der Waals surface area contributed by atoms with Gasteiger partial charge in [0.15, 0.2) is 0 Å². The molecular weight excluding hydrogens is 243 g/mol. The van der Waals surface area contributed by atoms with Crippen molar-refractivity contribution in [3.63, 3.8) is 0 Å². The van der Waals surface area contributed by atoms with Crippen molar-refractivity contribution >= 4 is 11.6 Å². The SMILES string of the molecule is ON1C=CC=C2C(Cl)=C(C(F)(F)F)C=CC21. The molecule has 0 aromatic carbocycles. The molecule has 2 rings (SSSR count). The van der Waals surface area contributed by atoms with Crippen LogP contribution in [0.1, 0.15) is 0 Å². The van der Waals surface area contributed by atoms with Gasteiger partial charge in [0.2, 0.25) is 0 Å². The summed E-state index contributed by atoms with van der Waals surface area (Å²) in [4.78, 5) is 0. The van der Waals surface area contributed by atoms with E-state index in [2.05, 4.69) is 0 Å². The topological polar surface area (TPSA) is 23.5 Å². The van der Waals surface area contributed by atoms with E-state index in [1.807, 2.05) is 0 Å². The number of rotatable bonds is 0. The zero-order valence-corrected chi connectivity index (χ0v) is 8.63. The van der Waals surface area contributed by atoms with E-state index in [0.29, 0.717) is 0 Å². The summed E-state index contributed by atoms with van der Waals surface area (Å²) in [5, 5.41) is 9.84. The molecule has 0 bridgehead atoms. The van der Waals surface area contributed by atoms with E-state index in [0.717, 1.165) is 11.1 Å². The number of hydroxylamine groups is 2. The molecule has 2 aliphatic rings. The molecule has 0 aromatic heterocycles. The highest BCUT2D eigenvalue weighted by molar-refractivity contribution is 6.33. The molecule has 86 valence electrons. The number of hydrogen-bond donors (Lipinski definition) is 1. The van der Waals surface area contributed by atoms with Crippen molar-refractivity contribution < 1.29 is 18.4 Å². The van der Waals surface area contributed by atoms with Gasteiger partial charge >= 0.3 is 6.18 Å². The lowest BCUT2D eigenvalue weighted by molar-refractivity contribution is -0.0898. The Labute approximate surface area is 94.6 Å². The molecule has 0 saturated heterocycles. The molecule has 1 unspecified atom stereocenters. The smallest absolute Gasteiger partial charge is 0.288 e. The third-order valence-corrected chi connectivity index (χ3v) is 2.78. The highest BCUT2D eigenvalue weighted by atomic mass is 35.5. The van der Waals surface area contributed by atoms with E-state index >= 15 is 0 Å². The zero-order valence-electron chi connectivity index (χ0n) is 7.87. The van der Waals surface area contributed by atoms with Crippen LogP contribution in [0.3, 0.4) is 0 Å².